The van der Waals surface area contributed by atoms with Crippen LogP contribution in [0.4, 0.5) is 0 Å². The van der Waals surface area contributed by atoms with Gasteiger partial charge < -0.3 is 14.4 Å². The summed E-state index contributed by atoms with van der Waals surface area (Å²) in [5.74, 6) is 1.38. The Bertz CT molecular complexity index is 1010. The minimum atomic E-state index is -0.00194. The maximum Gasteiger partial charge on any atom is 0.244 e. The molecule has 0 aliphatic carbocycles. The molecule has 4 rings (SSSR count). The van der Waals surface area contributed by atoms with E-state index in [2.05, 4.69) is 15.4 Å². The third-order valence-corrected chi connectivity index (χ3v) is 4.88. The van der Waals surface area contributed by atoms with Gasteiger partial charge in [0.25, 0.3) is 0 Å². The highest BCUT2D eigenvalue weighted by Crippen LogP contribution is 2.33. The van der Waals surface area contributed by atoms with E-state index >= 15 is 0 Å². The van der Waals surface area contributed by atoms with E-state index in [4.69, 9.17) is 9.47 Å². The molecule has 0 bridgehead atoms. The third kappa shape index (κ3) is 3.42. The number of rotatable bonds is 5. The monoisotopic (exact) mass is 382 g/mol. The van der Waals surface area contributed by atoms with Crippen LogP contribution < -0.4 is 9.47 Å². The lowest BCUT2D eigenvalue weighted by Gasteiger charge is -2.29. The summed E-state index contributed by atoms with van der Waals surface area (Å²) in [5.41, 5.74) is 3.63. The number of carbonyl (C=O) groups is 1. The van der Waals surface area contributed by atoms with Gasteiger partial charge in [0.05, 0.1) is 20.4 Å². The Hall–Kier alpha value is -3.36. The zero-order valence-electron chi connectivity index (χ0n) is 16.1. The van der Waals surface area contributed by atoms with Gasteiger partial charge in [0.15, 0.2) is 11.5 Å². The lowest BCUT2D eigenvalue weighted by atomic mass is 9.98. The van der Waals surface area contributed by atoms with Gasteiger partial charge in [-0.1, -0.05) is 5.21 Å². The lowest BCUT2D eigenvalue weighted by Crippen LogP contribution is -2.38. The molecule has 0 spiro atoms. The number of aryl methyl sites for hydroxylation is 1. The van der Waals surface area contributed by atoms with Gasteiger partial charge in [0, 0.05) is 26.3 Å². The Kier molecular flexibility index (Phi) is 4.72. The van der Waals surface area contributed by atoms with Crippen LogP contribution in [0, 0.1) is 0 Å². The average Bonchev–Trinajstić information content (AvgIpc) is 3.35. The number of carbonyl (C=O) groups excluding carboxylic acids is 1. The van der Waals surface area contributed by atoms with E-state index in [1.165, 1.54) is 5.56 Å². The molecule has 1 amide bonds. The SMILES string of the molecule is COc1cc2c(cc1OC)CN(C(=O)Cn1cc(-c3ccn(C)n3)nn1)CC2. The van der Waals surface area contributed by atoms with Crippen LogP contribution in [0.3, 0.4) is 0 Å². The van der Waals surface area contributed by atoms with Crippen molar-refractivity contribution in [2.45, 2.75) is 19.5 Å². The van der Waals surface area contributed by atoms with Crippen LogP contribution >= 0.6 is 0 Å². The summed E-state index contributed by atoms with van der Waals surface area (Å²) in [6.07, 6.45) is 4.36. The molecule has 3 aromatic rings. The van der Waals surface area contributed by atoms with E-state index in [0.717, 1.165) is 17.7 Å². The Balaban J connectivity index is 1.46. The summed E-state index contributed by atoms with van der Waals surface area (Å²) < 4.78 is 14.0. The molecule has 146 valence electrons. The molecular formula is C19H22N6O3. The number of fused-ring (bicyclic) bond motifs is 1. The van der Waals surface area contributed by atoms with Crippen molar-refractivity contribution in [3.63, 3.8) is 0 Å². The van der Waals surface area contributed by atoms with Gasteiger partial charge in [-0.05, 0) is 35.7 Å². The molecule has 0 atom stereocenters. The van der Waals surface area contributed by atoms with Gasteiger partial charge in [0.1, 0.15) is 17.9 Å². The summed E-state index contributed by atoms with van der Waals surface area (Å²) in [6.45, 7) is 1.34. The first-order valence-corrected chi connectivity index (χ1v) is 8.99. The fourth-order valence-corrected chi connectivity index (χ4v) is 3.38. The number of hydrogen-bond donors (Lipinski definition) is 0. The molecular weight excluding hydrogens is 360 g/mol. The van der Waals surface area contributed by atoms with Gasteiger partial charge in [-0.2, -0.15) is 5.10 Å². The zero-order chi connectivity index (χ0) is 19.7. The smallest absolute Gasteiger partial charge is 0.244 e. The topological polar surface area (TPSA) is 87.3 Å². The predicted molar refractivity (Wildman–Crippen MR) is 101 cm³/mol. The van der Waals surface area contributed by atoms with Crippen LogP contribution in [0.2, 0.25) is 0 Å². The van der Waals surface area contributed by atoms with E-state index in [1.54, 1.807) is 29.8 Å². The third-order valence-electron chi connectivity index (χ3n) is 4.88. The maximum absolute atomic E-state index is 12.8. The second kappa shape index (κ2) is 7.34. The fraction of sp³-hybridized carbons (Fsp3) is 0.368. The molecule has 0 unspecified atom stereocenters. The van der Waals surface area contributed by atoms with E-state index in [-0.39, 0.29) is 12.5 Å². The maximum atomic E-state index is 12.8. The number of methoxy groups -OCH3 is 2. The molecule has 1 aliphatic heterocycles. The van der Waals surface area contributed by atoms with Crippen LogP contribution in [-0.4, -0.2) is 56.3 Å². The normalized spacial score (nSPS) is 13.3. The van der Waals surface area contributed by atoms with Crippen molar-refractivity contribution in [3.8, 4) is 22.9 Å². The van der Waals surface area contributed by atoms with Crippen molar-refractivity contribution in [2.24, 2.45) is 7.05 Å². The van der Waals surface area contributed by atoms with Crippen LogP contribution in [0.15, 0.2) is 30.6 Å². The van der Waals surface area contributed by atoms with E-state index in [1.807, 2.05) is 36.3 Å². The first kappa shape index (κ1) is 18.0. The standard InChI is InChI=1S/C19H22N6O3/c1-23-6-5-15(21-23)16-11-25(22-20-16)12-19(26)24-7-4-13-8-17(27-2)18(28-3)9-14(13)10-24/h5-6,8-9,11H,4,7,10,12H2,1-3H3. The molecule has 9 nitrogen and oxygen atoms in total. The highest BCUT2D eigenvalue weighted by atomic mass is 16.5. The molecule has 2 aromatic heterocycles. The summed E-state index contributed by atoms with van der Waals surface area (Å²) in [4.78, 5) is 14.6. The Labute approximate surface area is 162 Å². The van der Waals surface area contributed by atoms with Crippen LogP contribution in [0.25, 0.3) is 11.4 Å². The first-order chi connectivity index (χ1) is 13.6. The van der Waals surface area contributed by atoms with Crippen LogP contribution in [-0.2, 0) is 31.4 Å². The Morgan fingerprint density at radius 2 is 1.89 bits per heavy atom. The molecule has 0 radical (unpaired) electrons. The van der Waals surface area contributed by atoms with Crippen molar-refractivity contribution in [1.82, 2.24) is 29.7 Å². The Morgan fingerprint density at radius 3 is 2.57 bits per heavy atom. The number of benzene rings is 1. The van der Waals surface area contributed by atoms with Gasteiger partial charge >= 0.3 is 0 Å². The summed E-state index contributed by atoms with van der Waals surface area (Å²) in [5, 5.41) is 12.5. The number of nitrogens with zero attached hydrogens (tertiary/aromatic N) is 6. The summed E-state index contributed by atoms with van der Waals surface area (Å²) >= 11 is 0. The van der Waals surface area contributed by atoms with Gasteiger partial charge in [-0.3, -0.25) is 9.48 Å². The van der Waals surface area contributed by atoms with Crippen molar-refractivity contribution >= 4 is 5.91 Å². The molecule has 9 heteroatoms. The number of ether oxygens (including phenoxy) is 2. The first-order valence-electron chi connectivity index (χ1n) is 8.99. The highest BCUT2D eigenvalue weighted by Gasteiger charge is 2.23. The van der Waals surface area contributed by atoms with Crippen molar-refractivity contribution in [3.05, 3.63) is 41.7 Å². The van der Waals surface area contributed by atoms with Crippen LogP contribution in [0.1, 0.15) is 11.1 Å². The molecule has 0 fully saturated rings. The van der Waals surface area contributed by atoms with E-state index in [9.17, 15) is 4.79 Å². The average molecular weight is 382 g/mol. The predicted octanol–water partition coefficient (Wildman–Crippen LogP) is 1.28. The summed E-state index contributed by atoms with van der Waals surface area (Å²) in [6, 6.07) is 5.80. The molecule has 0 saturated heterocycles. The number of amides is 1. The minimum absolute atomic E-state index is 0.00194. The second-order valence-corrected chi connectivity index (χ2v) is 6.72. The van der Waals surface area contributed by atoms with Crippen molar-refractivity contribution in [1.29, 1.82) is 0 Å². The van der Waals surface area contributed by atoms with Gasteiger partial charge in [-0.25, -0.2) is 4.68 Å². The minimum Gasteiger partial charge on any atom is -0.493 e. The lowest BCUT2D eigenvalue weighted by molar-refractivity contribution is -0.133. The number of hydrogen-bond acceptors (Lipinski definition) is 6. The molecule has 0 saturated carbocycles. The molecule has 0 N–H and O–H groups in total. The number of aromatic nitrogens is 5. The van der Waals surface area contributed by atoms with Gasteiger partial charge in [0.2, 0.25) is 5.91 Å². The highest BCUT2D eigenvalue weighted by molar-refractivity contribution is 5.76. The molecule has 1 aliphatic rings. The fourth-order valence-electron chi connectivity index (χ4n) is 3.38. The van der Waals surface area contributed by atoms with Crippen molar-refractivity contribution in [2.75, 3.05) is 20.8 Å². The summed E-state index contributed by atoms with van der Waals surface area (Å²) in [7, 11) is 5.08. The Morgan fingerprint density at radius 1 is 1.14 bits per heavy atom. The molecule has 1 aromatic carbocycles. The van der Waals surface area contributed by atoms with Gasteiger partial charge in [-0.15, -0.1) is 5.10 Å². The second-order valence-electron chi connectivity index (χ2n) is 6.72. The van der Waals surface area contributed by atoms with Crippen molar-refractivity contribution < 1.29 is 14.3 Å². The van der Waals surface area contributed by atoms with E-state index in [0.29, 0.717) is 30.3 Å². The zero-order valence-corrected chi connectivity index (χ0v) is 16.1. The quantitative estimate of drug-likeness (QED) is 0.661. The van der Waals surface area contributed by atoms with Crippen LogP contribution in [0.5, 0.6) is 11.5 Å². The molecule has 28 heavy (non-hydrogen) atoms. The molecule has 3 heterocycles. The largest absolute Gasteiger partial charge is 0.493 e. The van der Waals surface area contributed by atoms with E-state index < -0.39 is 0 Å².